The summed E-state index contributed by atoms with van der Waals surface area (Å²) in [6.45, 7) is 8.16. The number of amides is 1. The van der Waals surface area contributed by atoms with Crippen LogP contribution in [0.25, 0.3) is 0 Å². The Morgan fingerprint density at radius 1 is 1.25 bits per heavy atom. The number of rotatable bonds is 9. The highest BCUT2D eigenvalue weighted by atomic mass is 32.2. The molecule has 0 spiro atoms. The van der Waals surface area contributed by atoms with Gasteiger partial charge in [0, 0.05) is 6.54 Å². The number of hydrogen-bond acceptors (Lipinski definition) is 6. The molecule has 0 aliphatic carbocycles. The summed E-state index contributed by atoms with van der Waals surface area (Å²) in [5.41, 5.74) is 0.760. The first-order valence-corrected chi connectivity index (χ1v) is 10.3. The molecule has 0 heterocycles. The Morgan fingerprint density at radius 2 is 1.89 bits per heavy atom. The highest BCUT2D eigenvalue weighted by molar-refractivity contribution is 7.89. The van der Waals surface area contributed by atoms with E-state index in [-0.39, 0.29) is 23.8 Å². The van der Waals surface area contributed by atoms with Gasteiger partial charge < -0.3 is 10.1 Å². The Bertz CT molecular complexity index is 874. The van der Waals surface area contributed by atoms with Crippen molar-refractivity contribution in [1.29, 1.82) is 5.26 Å². The zero-order valence-corrected chi connectivity index (χ0v) is 17.6. The summed E-state index contributed by atoms with van der Waals surface area (Å²) in [5.74, 6) is -1.44. The molecule has 8 nitrogen and oxygen atoms in total. The first-order chi connectivity index (χ1) is 12.9. The van der Waals surface area contributed by atoms with E-state index in [0.29, 0.717) is 0 Å². The van der Waals surface area contributed by atoms with Gasteiger partial charge in [-0.3, -0.25) is 9.59 Å². The highest BCUT2D eigenvalue weighted by Crippen LogP contribution is 2.15. The molecule has 0 fully saturated rings. The molecule has 154 valence electrons. The van der Waals surface area contributed by atoms with Crippen molar-refractivity contribution in [3.8, 4) is 6.07 Å². The van der Waals surface area contributed by atoms with E-state index in [2.05, 4.69) is 10.0 Å². The quantitative estimate of drug-likeness (QED) is 0.596. The Labute approximate surface area is 166 Å². The van der Waals surface area contributed by atoms with Gasteiger partial charge in [-0.05, 0) is 49.9 Å². The second-order valence-electron chi connectivity index (χ2n) is 7.07. The number of aryl methyl sites for hydroxylation is 2. The van der Waals surface area contributed by atoms with Crippen LogP contribution in [0.3, 0.4) is 0 Å². The molecule has 0 aliphatic heterocycles. The molecule has 0 saturated heterocycles. The van der Waals surface area contributed by atoms with Gasteiger partial charge in [0.1, 0.15) is 5.54 Å². The highest BCUT2D eigenvalue weighted by Gasteiger charge is 2.30. The lowest BCUT2D eigenvalue weighted by Crippen LogP contribution is -2.50. The average molecular weight is 410 g/mol. The van der Waals surface area contributed by atoms with Crippen molar-refractivity contribution < 1.29 is 22.7 Å². The fraction of sp³-hybridized carbons (Fsp3) is 0.526. The molecule has 0 bridgehead atoms. The van der Waals surface area contributed by atoms with E-state index in [4.69, 9.17) is 10.00 Å². The van der Waals surface area contributed by atoms with Crippen LogP contribution in [0.2, 0.25) is 0 Å². The van der Waals surface area contributed by atoms with Crippen molar-refractivity contribution in [2.45, 2.75) is 51.5 Å². The third-order valence-electron chi connectivity index (χ3n) is 4.56. The normalized spacial score (nSPS) is 13.5. The van der Waals surface area contributed by atoms with E-state index in [1.54, 1.807) is 32.9 Å². The van der Waals surface area contributed by atoms with E-state index >= 15 is 0 Å². The van der Waals surface area contributed by atoms with Crippen LogP contribution < -0.4 is 10.0 Å². The van der Waals surface area contributed by atoms with Crippen molar-refractivity contribution >= 4 is 21.9 Å². The summed E-state index contributed by atoms with van der Waals surface area (Å²) in [6, 6.07) is 6.78. The third kappa shape index (κ3) is 6.62. The maximum absolute atomic E-state index is 12.2. The van der Waals surface area contributed by atoms with Gasteiger partial charge in [0.05, 0.1) is 17.4 Å². The summed E-state index contributed by atoms with van der Waals surface area (Å²) in [7, 11) is -3.74. The molecule has 0 aliphatic rings. The molecule has 2 N–H and O–H groups in total. The monoisotopic (exact) mass is 409 g/mol. The van der Waals surface area contributed by atoms with Gasteiger partial charge in [-0.1, -0.05) is 19.9 Å². The van der Waals surface area contributed by atoms with Gasteiger partial charge in [-0.2, -0.15) is 5.26 Å². The van der Waals surface area contributed by atoms with Crippen molar-refractivity contribution in [1.82, 2.24) is 10.0 Å². The maximum Gasteiger partial charge on any atom is 0.307 e. The summed E-state index contributed by atoms with van der Waals surface area (Å²) in [6.07, 6.45) is -0.225. The Hall–Kier alpha value is -2.44. The molecule has 1 aromatic carbocycles. The van der Waals surface area contributed by atoms with Gasteiger partial charge in [0.25, 0.3) is 5.91 Å². The molecule has 0 saturated carbocycles. The molecule has 1 amide bonds. The van der Waals surface area contributed by atoms with E-state index in [1.165, 1.54) is 6.07 Å². The maximum atomic E-state index is 12.2. The summed E-state index contributed by atoms with van der Waals surface area (Å²) < 4.78 is 31.6. The molecular formula is C19H27N3O5S. The van der Waals surface area contributed by atoms with Crippen LogP contribution in [-0.2, 0) is 24.3 Å². The molecule has 28 heavy (non-hydrogen) atoms. The Balaban J connectivity index is 2.47. The topological polar surface area (TPSA) is 125 Å². The molecule has 9 heteroatoms. The number of nitrogens with one attached hydrogen (secondary N) is 2. The van der Waals surface area contributed by atoms with Crippen LogP contribution in [0.15, 0.2) is 23.1 Å². The van der Waals surface area contributed by atoms with Crippen LogP contribution in [-0.4, -0.2) is 39.0 Å². The molecule has 0 radical (unpaired) electrons. The van der Waals surface area contributed by atoms with Crippen molar-refractivity contribution in [2.24, 2.45) is 5.92 Å². The van der Waals surface area contributed by atoms with Gasteiger partial charge in [0.2, 0.25) is 10.0 Å². The SMILES string of the molecule is Cc1ccc(S(=O)(=O)NCCC(=O)OCC(=O)NC(C)(C#N)C(C)C)cc1C. The molecule has 1 aromatic rings. The number of ether oxygens (including phenoxy) is 1. The smallest absolute Gasteiger partial charge is 0.307 e. The summed E-state index contributed by atoms with van der Waals surface area (Å²) >= 11 is 0. The minimum absolute atomic E-state index is 0.118. The fourth-order valence-electron chi connectivity index (χ4n) is 2.10. The van der Waals surface area contributed by atoms with Crippen molar-refractivity contribution in [3.63, 3.8) is 0 Å². The largest absolute Gasteiger partial charge is 0.456 e. The third-order valence-corrected chi connectivity index (χ3v) is 6.02. The number of sulfonamides is 1. The first-order valence-electron chi connectivity index (χ1n) is 8.86. The van der Waals surface area contributed by atoms with Gasteiger partial charge >= 0.3 is 5.97 Å². The lowest BCUT2D eigenvalue weighted by atomic mass is 9.90. The minimum atomic E-state index is -3.74. The standard InChI is InChI=1S/C19H27N3O5S/c1-13(2)19(5,12-20)22-17(23)11-27-18(24)8-9-21-28(25,26)16-7-6-14(3)15(4)10-16/h6-7,10,13,21H,8-9,11H2,1-5H3,(H,22,23). The van der Waals surface area contributed by atoms with Gasteiger partial charge in [-0.25, -0.2) is 13.1 Å². The number of benzene rings is 1. The molecule has 0 aromatic heterocycles. The molecule has 1 unspecified atom stereocenters. The van der Waals surface area contributed by atoms with Crippen LogP contribution in [0.4, 0.5) is 0 Å². The fourth-order valence-corrected chi connectivity index (χ4v) is 3.21. The molecular weight excluding hydrogens is 382 g/mol. The van der Waals surface area contributed by atoms with Gasteiger partial charge in [-0.15, -0.1) is 0 Å². The molecule has 1 atom stereocenters. The first kappa shape index (κ1) is 23.6. The average Bonchev–Trinajstić information content (AvgIpc) is 2.61. The summed E-state index contributed by atoms with van der Waals surface area (Å²) in [5, 5.41) is 11.7. The zero-order valence-electron chi connectivity index (χ0n) is 16.8. The predicted octanol–water partition coefficient (Wildman–Crippen LogP) is 1.57. The van der Waals surface area contributed by atoms with Crippen molar-refractivity contribution in [2.75, 3.05) is 13.2 Å². The van der Waals surface area contributed by atoms with E-state index in [1.807, 2.05) is 19.9 Å². The number of esters is 1. The van der Waals surface area contributed by atoms with Crippen LogP contribution in [0.5, 0.6) is 0 Å². The lowest BCUT2D eigenvalue weighted by Gasteiger charge is -2.27. The Morgan fingerprint density at radius 3 is 2.43 bits per heavy atom. The van der Waals surface area contributed by atoms with Crippen molar-refractivity contribution in [3.05, 3.63) is 29.3 Å². The lowest BCUT2D eigenvalue weighted by molar-refractivity contribution is -0.148. The number of hydrogen-bond donors (Lipinski definition) is 2. The number of nitrogens with zero attached hydrogens (tertiary/aromatic N) is 1. The van der Waals surface area contributed by atoms with Gasteiger partial charge in [0.15, 0.2) is 6.61 Å². The second kappa shape index (κ2) is 9.66. The number of nitriles is 1. The predicted molar refractivity (Wildman–Crippen MR) is 104 cm³/mol. The second-order valence-corrected chi connectivity index (χ2v) is 8.84. The minimum Gasteiger partial charge on any atom is -0.456 e. The number of carbonyl (C=O) groups excluding carboxylic acids is 2. The van der Waals surface area contributed by atoms with Crippen LogP contribution >= 0.6 is 0 Å². The van der Waals surface area contributed by atoms with Crippen LogP contribution in [0, 0.1) is 31.1 Å². The summed E-state index contributed by atoms with van der Waals surface area (Å²) in [4.78, 5) is 23.7. The Kier molecular flexibility index (Phi) is 8.14. The van der Waals surface area contributed by atoms with E-state index < -0.39 is 34.0 Å². The van der Waals surface area contributed by atoms with E-state index in [9.17, 15) is 18.0 Å². The van der Waals surface area contributed by atoms with E-state index in [0.717, 1.165) is 11.1 Å². The zero-order chi connectivity index (χ0) is 21.5. The molecule has 1 rings (SSSR count). The van der Waals surface area contributed by atoms with Crippen LogP contribution in [0.1, 0.15) is 38.3 Å². The number of carbonyl (C=O) groups is 2.